The SMILES string of the molecule is Cc1ccc(OCc2ccc(C(=O)N(C)CCN(C)C)cc2C)c(-c2csc(N3CC4CCC(C3)C4C(=O)O)n2)c1. The van der Waals surface area contributed by atoms with E-state index in [-0.39, 0.29) is 23.7 Å². The lowest BCUT2D eigenvalue weighted by molar-refractivity contribution is -0.144. The van der Waals surface area contributed by atoms with Crippen molar-refractivity contribution in [2.45, 2.75) is 33.3 Å². The molecule has 2 atom stereocenters. The second kappa shape index (κ2) is 12.2. The van der Waals surface area contributed by atoms with Crippen molar-refractivity contribution in [2.75, 3.05) is 52.2 Å². The largest absolute Gasteiger partial charge is 0.488 e. The van der Waals surface area contributed by atoms with Gasteiger partial charge in [-0.2, -0.15) is 0 Å². The Morgan fingerprint density at radius 3 is 2.44 bits per heavy atom. The van der Waals surface area contributed by atoms with E-state index in [0.29, 0.717) is 18.7 Å². The number of rotatable bonds is 10. The van der Waals surface area contributed by atoms with E-state index in [1.54, 1.807) is 16.2 Å². The maximum atomic E-state index is 12.9. The minimum absolute atomic E-state index is 0.0165. The number of hydrogen-bond acceptors (Lipinski definition) is 7. The molecule has 1 amide bonds. The highest BCUT2D eigenvalue weighted by molar-refractivity contribution is 7.14. The molecule has 2 heterocycles. The van der Waals surface area contributed by atoms with Gasteiger partial charge in [-0.3, -0.25) is 9.59 Å². The molecule has 2 fully saturated rings. The molecular weight excluding hydrogens is 536 g/mol. The summed E-state index contributed by atoms with van der Waals surface area (Å²) in [6.45, 7) is 7.45. The lowest BCUT2D eigenvalue weighted by Crippen LogP contribution is -2.44. The van der Waals surface area contributed by atoms with Gasteiger partial charge < -0.3 is 24.5 Å². The van der Waals surface area contributed by atoms with Crippen LogP contribution in [0, 0.1) is 31.6 Å². The van der Waals surface area contributed by atoms with Gasteiger partial charge in [0.25, 0.3) is 5.91 Å². The van der Waals surface area contributed by atoms with Gasteiger partial charge in [-0.05, 0) is 88.0 Å². The fraction of sp³-hybridized carbons (Fsp3) is 0.469. The highest BCUT2D eigenvalue weighted by Gasteiger charge is 2.46. The normalized spacial score (nSPS) is 20.0. The Balaban J connectivity index is 1.28. The number of likely N-dealkylation sites (N-methyl/N-ethyl adjacent to an activating group) is 2. The van der Waals surface area contributed by atoms with Gasteiger partial charge >= 0.3 is 5.97 Å². The highest BCUT2D eigenvalue weighted by atomic mass is 32.1. The predicted octanol–water partition coefficient (Wildman–Crippen LogP) is 5.19. The number of nitrogens with zero attached hydrogens (tertiary/aromatic N) is 4. The average molecular weight is 577 g/mol. The maximum absolute atomic E-state index is 12.9. The van der Waals surface area contributed by atoms with Crippen LogP contribution in [0.25, 0.3) is 11.3 Å². The van der Waals surface area contributed by atoms with Crippen molar-refractivity contribution < 1.29 is 19.4 Å². The number of carboxylic acids is 1. The summed E-state index contributed by atoms with van der Waals surface area (Å²) in [6, 6.07) is 11.9. The number of ether oxygens (including phenoxy) is 1. The summed E-state index contributed by atoms with van der Waals surface area (Å²) in [6.07, 6.45) is 1.96. The van der Waals surface area contributed by atoms with Crippen LogP contribution in [-0.4, -0.2) is 79.1 Å². The molecule has 1 aromatic heterocycles. The number of carbonyl (C=O) groups is 2. The number of thiazole rings is 1. The number of amides is 1. The number of aryl methyl sites for hydroxylation is 2. The van der Waals surface area contributed by atoms with Crippen LogP contribution in [0.4, 0.5) is 5.13 Å². The lowest BCUT2D eigenvalue weighted by atomic mass is 9.85. The molecule has 1 saturated carbocycles. The van der Waals surface area contributed by atoms with Gasteiger partial charge in [-0.1, -0.05) is 17.7 Å². The molecule has 0 radical (unpaired) electrons. The van der Waals surface area contributed by atoms with E-state index in [0.717, 1.165) is 71.3 Å². The van der Waals surface area contributed by atoms with Gasteiger partial charge in [-0.25, -0.2) is 4.98 Å². The first-order valence-electron chi connectivity index (χ1n) is 14.3. The number of anilines is 1. The third-order valence-corrected chi connectivity index (χ3v) is 9.40. The maximum Gasteiger partial charge on any atom is 0.307 e. The second-order valence-corrected chi connectivity index (χ2v) is 12.7. The van der Waals surface area contributed by atoms with E-state index in [9.17, 15) is 14.7 Å². The third-order valence-electron chi connectivity index (χ3n) is 8.49. The lowest BCUT2D eigenvalue weighted by Gasteiger charge is -2.35. The first-order chi connectivity index (χ1) is 19.6. The molecule has 0 spiro atoms. The van der Waals surface area contributed by atoms with Crippen LogP contribution in [0.1, 0.15) is 39.9 Å². The molecule has 2 aliphatic rings. The molecular formula is C32H40N4O4S. The quantitative estimate of drug-likeness (QED) is 0.356. The molecule has 1 saturated heterocycles. The van der Waals surface area contributed by atoms with Crippen LogP contribution in [0.5, 0.6) is 5.75 Å². The summed E-state index contributed by atoms with van der Waals surface area (Å²) in [4.78, 5) is 35.7. The smallest absolute Gasteiger partial charge is 0.307 e. The Kier molecular flexibility index (Phi) is 8.66. The number of carbonyl (C=O) groups excluding carboxylic acids is 1. The summed E-state index contributed by atoms with van der Waals surface area (Å²) in [5.74, 6) is 0.298. The minimum atomic E-state index is -0.651. The minimum Gasteiger partial charge on any atom is -0.488 e. The van der Waals surface area contributed by atoms with E-state index in [4.69, 9.17) is 9.72 Å². The van der Waals surface area contributed by atoms with Gasteiger partial charge in [0.05, 0.1) is 11.6 Å². The molecule has 218 valence electrons. The number of carboxylic acid groups (broad SMARTS) is 1. The van der Waals surface area contributed by atoms with Crippen LogP contribution in [0.2, 0.25) is 0 Å². The fourth-order valence-electron chi connectivity index (χ4n) is 6.10. The van der Waals surface area contributed by atoms with Crippen molar-refractivity contribution in [3.63, 3.8) is 0 Å². The molecule has 8 nitrogen and oxygen atoms in total. The van der Waals surface area contributed by atoms with Crippen molar-refractivity contribution in [3.05, 3.63) is 64.0 Å². The second-order valence-electron chi connectivity index (χ2n) is 11.8. The van der Waals surface area contributed by atoms with Gasteiger partial charge in [0, 0.05) is 49.7 Å². The molecule has 5 rings (SSSR count). The molecule has 3 aromatic rings. The van der Waals surface area contributed by atoms with Gasteiger partial charge in [0.1, 0.15) is 12.4 Å². The number of fused-ring (bicyclic) bond motifs is 2. The molecule has 41 heavy (non-hydrogen) atoms. The molecule has 2 bridgehead atoms. The van der Waals surface area contributed by atoms with E-state index >= 15 is 0 Å². The zero-order valence-corrected chi connectivity index (χ0v) is 25.4. The Hall–Kier alpha value is -3.43. The third kappa shape index (κ3) is 6.41. The van der Waals surface area contributed by atoms with Crippen LogP contribution < -0.4 is 9.64 Å². The van der Waals surface area contributed by atoms with Crippen LogP contribution in [-0.2, 0) is 11.4 Å². The average Bonchev–Trinajstić information content (AvgIpc) is 3.54. The summed E-state index contributed by atoms with van der Waals surface area (Å²) in [5.41, 5.74) is 5.66. The number of aromatic nitrogens is 1. The molecule has 9 heteroatoms. The monoisotopic (exact) mass is 576 g/mol. The van der Waals surface area contributed by atoms with Crippen molar-refractivity contribution in [2.24, 2.45) is 17.8 Å². The highest BCUT2D eigenvalue weighted by Crippen LogP contribution is 2.44. The molecule has 2 unspecified atom stereocenters. The van der Waals surface area contributed by atoms with Crippen LogP contribution in [0.15, 0.2) is 41.8 Å². The Bertz CT molecular complexity index is 1410. The van der Waals surface area contributed by atoms with Crippen molar-refractivity contribution in [1.29, 1.82) is 0 Å². The fourth-order valence-corrected chi connectivity index (χ4v) is 6.95. The van der Waals surface area contributed by atoms with Crippen molar-refractivity contribution >= 4 is 28.3 Å². The molecule has 1 aliphatic heterocycles. The van der Waals surface area contributed by atoms with Crippen molar-refractivity contribution in [3.8, 4) is 17.0 Å². The molecule has 1 aliphatic carbocycles. The van der Waals surface area contributed by atoms with Crippen LogP contribution in [0.3, 0.4) is 0 Å². The van der Waals surface area contributed by atoms with E-state index < -0.39 is 5.97 Å². The number of hydrogen-bond donors (Lipinski definition) is 1. The van der Waals surface area contributed by atoms with Crippen LogP contribution >= 0.6 is 11.3 Å². The first-order valence-corrected chi connectivity index (χ1v) is 15.2. The summed E-state index contributed by atoms with van der Waals surface area (Å²) in [7, 11) is 5.84. The van der Waals surface area contributed by atoms with E-state index in [2.05, 4.69) is 28.2 Å². The molecule has 2 aromatic carbocycles. The topological polar surface area (TPSA) is 86.2 Å². The summed E-state index contributed by atoms with van der Waals surface area (Å²) in [5, 5.41) is 12.7. The predicted molar refractivity (Wildman–Crippen MR) is 163 cm³/mol. The Morgan fingerprint density at radius 1 is 1.05 bits per heavy atom. The van der Waals surface area contributed by atoms with Gasteiger partial charge in [0.2, 0.25) is 0 Å². The standard InChI is InChI=1S/C32H40N4O4S/c1-20-6-11-28(40-18-25-10-7-22(15-21(25)2)30(37)35(5)13-12-34(3)4)26(14-20)27-19-41-32(33-27)36-16-23-8-9-24(17-36)29(23)31(38)39/h6-7,10-11,14-15,19,23-24,29H,8-9,12-13,16-18H2,1-5H3,(H,38,39). The van der Waals surface area contributed by atoms with Gasteiger partial charge in [-0.15, -0.1) is 11.3 Å². The van der Waals surface area contributed by atoms with E-state index in [1.807, 2.05) is 58.4 Å². The molecule has 1 N–H and O–H groups in total. The Labute approximate surface area is 246 Å². The summed E-state index contributed by atoms with van der Waals surface area (Å²) >= 11 is 1.61. The Morgan fingerprint density at radius 2 is 1.78 bits per heavy atom. The first kappa shape index (κ1) is 29.1. The van der Waals surface area contributed by atoms with Crippen molar-refractivity contribution in [1.82, 2.24) is 14.8 Å². The number of piperidine rings is 1. The zero-order chi connectivity index (χ0) is 29.3. The zero-order valence-electron chi connectivity index (χ0n) is 24.6. The van der Waals surface area contributed by atoms with Gasteiger partial charge in [0.15, 0.2) is 5.13 Å². The number of benzene rings is 2. The number of aliphatic carboxylic acids is 1. The summed E-state index contributed by atoms with van der Waals surface area (Å²) < 4.78 is 6.35. The van der Waals surface area contributed by atoms with E-state index in [1.165, 1.54) is 0 Å².